The highest BCUT2D eigenvalue weighted by Crippen LogP contribution is 2.48. The maximum absolute atomic E-state index is 12.6. The second kappa shape index (κ2) is 2.30. The fraction of sp³-hybridized carbons (Fsp3) is 0.400. The van der Waals surface area contributed by atoms with Crippen molar-refractivity contribution < 1.29 is 4.39 Å². The lowest BCUT2D eigenvalue weighted by Gasteiger charge is -2.09. The summed E-state index contributed by atoms with van der Waals surface area (Å²) in [6.07, 6.45) is 1.01. The largest absolute Gasteiger partial charge is 0.321 e. The fourth-order valence-electron chi connectivity index (χ4n) is 1.61. The maximum atomic E-state index is 12.6. The van der Waals surface area contributed by atoms with E-state index in [1.165, 1.54) is 12.1 Å². The Morgan fingerprint density at radius 2 is 1.92 bits per heavy atom. The number of hydrogen-bond acceptors (Lipinski definition) is 1. The molecule has 1 aliphatic carbocycles. The molecule has 0 unspecified atom stereocenters. The first kappa shape index (κ1) is 7.74. The molecule has 2 N–H and O–H groups in total. The molecule has 0 saturated heterocycles. The molecule has 0 bridgehead atoms. The third kappa shape index (κ3) is 1.03. The first-order chi connectivity index (χ1) is 5.63. The van der Waals surface area contributed by atoms with Gasteiger partial charge in [0.15, 0.2) is 0 Å². The van der Waals surface area contributed by atoms with Crippen LogP contribution in [0.25, 0.3) is 0 Å². The van der Waals surface area contributed by atoms with Gasteiger partial charge in [0.1, 0.15) is 5.82 Å². The van der Waals surface area contributed by atoms with Crippen LogP contribution in [-0.2, 0) is 5.54 Å². The maximum Gasteiger partial charge on any atom is 0.123 e. The standard InChI is InChI=1S/C10H12FN/c1-7-6-10(7,12)8-2-4-9(11)5-3-8/h2-5,7H,6,12H2,1H3/t7-,10-/m1/s1. The molecule has 0 spiro atoms. The van der Waals surface area contributed by atoms with Crippen LogP contribution in [0.5, 0.6) is 0 Å². The van der Waals surface area contributed by atoms with E-state index in [9.17, 15) is 4.39 Å². The van der Waals surface area contributed by atoms with E-state index in [1.807, 2.05) is 0 Å². The summed E-state index contributed by atoms with van der Waals surface area (Å²) in [4.78, 5) is 0. The summed E-state index contributed by atoms with van der Waals surface area (Å²) in [5, 5.41) is 0. The quantitative estimate of drug-likeness (QED) is 0.677. The molecule has 12 heavy (non-hydrogen) atoms. The van der Waals surface area contributed by atoms with Crippen LogP contribution >= 0.6 is 0 Å². The minimum absolute atomic E-state index is 0.173. The minimum Gasteiger partial charge on any atom is -0.321 e. The van der Waals surface area contributed by atoms with E-state index < -0.39 is 0 Å². The molecule has 2 atom stereocenters. The molecule has 1 aliphatic rings. The summed E-state index contributed by atoms with van der Waals surface area (Å²) in [6, 6.07) is 6.49. The van der Waals surface area contributed by atoms with Crippen molar-refractivity contribution in [1.29, 1.82) is 0 Å². The summed E-state index contributed by atoms with van der Waals surface area (Å²) in [7, 11) is 0. The summed E-state index contributed by atoms with van der Waals surface area (Å²) in [5.41, 5.74) is 6.92. The van der Waals surface area contributed by atoms with Gasteiger partial charge in [-0.05, 0) is 30.0 Å². The van der Waals surface area contributed by atoms with Gasteiger partial charge in [0.05, 0.1) is 0 Å². The highest BCUT2D eigenvalue weighted by molar-refractivity contribution is 5.31. The van der Waals surface area contributed by atoms with Crippen LogP contribution in [0.3, 0.4) is 0 Å². The van der Waals surface area contributed by atoms with E-state index in [-0.39, 0.29) is 11.4 Å². The van der Waals surface area contributed by atoms with Gasteiger partial charge in [-0.3, -0.25) is 0 Å². The predicted molar refractivity (Wildman–Crippen MR) is 46.0 cm³/mol. The lowest BCUT2D eigenvalue weighted by atomic mass is 10.0. The van der Waals surface area contributed by atoms with E-state index in [4.69, 9.17) is 5.73 Å². The first-order valence-corrected chi connectivity index (χ1v) is 4.18. The number of benzene rings is 1. The molecule has 0 aliphatic heterocycles. The molecule has 0 heterocycles. The Morgan fingerprint density at radius 3 is 2.33 bits per heavy atom. The SMILES string of the molecule is C[C@@H]1C[C@]1(N)c1ccc(F)cc1. The average molecular weight is 165 g/mol. The van der Waals surface area contributed by atoms with Crippen molar-refractivity contribution in [2.75, 3.05) is 0 Å². The van der Waals surface area contributed by atoms with Crippen molar-refractivity contribution in [2.45, 2.75) is 18.9 Å². The van der Waals surface area contributed by atoms with Crippen molar-refractivity contribution in [3.05, 3.63) is 35.6 Å². The molecule has 64 valence electrons. The monoisotopic (exact) mass is 165 g/mol. The van der Waals surface area contributed by atoms with Crippen molar-refractivity contribution in [3.63, 3.8) is 0 Å². The molecule has 1 fully saturated rings. The minimum atomic E-state index is -0.198. The zero-order valence-corrected chi connectivity index (χ0v) is 7.05. The fourth-order valence-corrected chi connectivity index (χ4v) is 1.61. The van der Waals surface area contributed by atoms with E-state index in [2.05, 4.69) is 6.92 Å². The van der Waals surface area contributed by atoms with Crippen LogP contribution < -0.4 is 5.73 Å². The highest BCUT2D eigenvalue weighted by Gasteiger charge is 2.48. The summed E-state index contributed by atoms with van der Waals surface area (Å²) < 4.78 is 12.6. The van der Waals surface area contributed by atoms with Crippen LogP contribution in [0, 0.1) is 11.7 Å². The Morgan fingerprint density at radius 1 is 1.42 bits per heavy atom. The zero-order valence-electron chi connectivity index (χ0n) is 7.05. The average Bonchev–Trinajstić information content (AvgIpc) is 2.62. The van der Waals surface area contributed by atoms with Crippen molar-refractivity contribution in [1.82, 2.24) is 0 Å². The van der Waals surface area contributed by atoms with Gasteiger partial charge in [-0.25, -0.2) is 4.39 Å². The number of hydrogen-bond donors (Lipinski definition) is 1. The normalized spacial score (nSPS) is 33.4. The topological polar surface area (TPSA) is 26.0 Å². The molecule has 1 saturated carbocycles. The third-order valence-electron chi connectivity index (χ3n) is 2.74. The third-order valence-corrected chi connectivity index (χ3v) is 2.74. The Bertz CT molecular complexity index is 293. The first-order valence-electron chi connectivity index (χ1n) is 4.18. The smallest absolute Gasteiger partial charge is 0.123 e. The van der Waals surface area contributed by atoms with Crippen LogP contribution in [-0.4, -0.2) is 0 Å². The van der Waals surface area contributed by atoms with Gasteiger partial charge in [0, 0.05) is 5.54 Å². The Hall–Kier alpha value is -0.890. The van der Waals surface area contributed by atoms with E-state index in [0.29, 0.717) is 5.92 Å². The molecule has 2 rings (SSSR count). The second-order valence-electron chi connectivity index (χ2n) is 3.65. The second-order valence-corrected chi connectivity index (χ2v) is 3.65. The van der Waals surface area contributed by atoms with Crippen molar-refractivity contribution in [3.8, 4) is 0 Å². The number of nitrogens with two attached hydrogens (primary N) is 1. The highest BCUT2D eigenvalue weighted by atomic mass is 19.1. The van der Waals surface area contributed by atoms with Crippen LogP contribution in [0.2, 0.25) is 0 Å². The summed E-state index contributed by atoms with van der Waals surface area (Å²) in [5.74, 6) is 0.332. The molecule has 1 aromatic carbocycles. The lowest BCUT2D eigenvalue weighted by molar-refractivity contribution is 0.620. The molecular weight excluding hydrogens is 153 g/mol. The van der Waals surface area contributed by atoms with E-state index in [0.717, 1.165) is 12.0 Å². The number of rotatable bonds is 1. The van der Waals surface area contributed by atoms with Gasteiger partial charge in [-0.15, -0.1) is 0 Å². The van der Waals surface area contributed by atoms with Crippen molar-refractivity contribution in [2.24, 2.45) is 11.7 Å². The van der Waals surface area contributed by atoms with E-state index >= 15 is 0 Å². The molecule has 0 aromatic heterocycles. The molecule has 2 heteroatoms. The van der Waals surface area contributed by atoms with Gasteiger partial charge in [0.25, 0.3) is 0 Å². The molecule has 0 amide bonds. The van der Waals surface area contributed by atoms with Crippen LogP contribution in [0.1, 0.15) is 18.9 Å². The van der Waals surface area contributed by atoms with E-state index in [1.54, 1.807) is 12.1 Å². The lowest BCUT2D eigenvalue weighted by Crippen LogP contribution is -2.21. The predicted octanol–water partition coefficient (Wildman–Crippen LogP) is 2.02. The van der Waals surface area contributed by atoms with Gasteiger partial charge < -0.3 is 5.73 Å². The Balaban J connectivity index is 2.31. The van der Waals surface area contributed by atoms with Crippen molar-refractivity contribution >= 4 is 0 Å². The van der Waals surface area contributed by atoms with Crippen LogP contribution in [0.15, 0.2) is 24.3 Å². The Labute approximate surface area is 71.4 Å². The zero-order chi connectivity index (χ0) is 8.77. The van der Waals surface area contributed by atoms with Crippen LogP contribution in [0.4, 0.5) is 4.39 Å². The summed E-state index contributed by atoms with van der Waals surface area (Å²) in [6.45, 7) is 2.11. The molecular formula is C10H12FN. The molecule has 1 aromatic rings. The Kier molecular flexibility index (Phi) is 1.48. The molecule has 1 nitrogen and oxygen atoms in total. The summed E-state index contributed by atoms with van der Waals surface area (Å²) >= 11 is 0. The van der Waals surface area contributed by atoms with Gasteiger partial charge in [-0.2, -0.15) is 0 Å². The van der Waals surface area contributed by atoms with Gasteiger partial charge >= 0.3 is 0 Å². The number of halogens is 1. The van der Waals surface area contributed by atoms with Gasteiger partial charge in [0.2, 0.25) is 0 Å². The molecule has 0 radical (unpaired) electrons. The van der Waals surface area contributed by atoms with Gasteiger partial charge in [-0.1, -0.05) is 19.1 Å².